The average molecular weight is 433 g/mol. The molecule has 1 aliphatic heterocycles. The van der Waals surface area contributed by atoms with Crippen molar-refractivity contribution in [1.82, 2.24) is 4.98 Å². The van der Waals surface area contributed by atoms with Gasteiger partial charge in [-0.2, -0.15) is 0 Å². The number of fused-ring (bicyclic) bond motifs is 1. The predicted molar refractivity (Wildman–Crippen MR) is 128 cm³/mol. The molecule has 3 aromatic rings. The van der Waals surface area contributed by atoms with E-state index in [-0.39, 0.29) is 5.91 Å². The van der Waals surface area contributed by atoms with Gasteiger partial charge in [-0.1, -0.05) is 38.0 Å². The Hall–Kier alpha value is -3.08. The SMILES string of the molecule is CCCCOc1c(C)c(COc2cccc(N3CCCCCC3=O)c2)nc2ccccc12. The number of para-hydroxylation sites is 1. The molecule has 4 rings (SSSR count). The average Bonchev–Trinajstić information content (AvgIpc) is 3.04. The van der Waals surface area contributed by atoms with E-state index in [2.05, 4.69) is 13.0 Å². The molecule has 32 heavy (non-hydrogen) atoms. The molecule has 2 heterocycles. The lowest BCUT2D eigenvalue weighted by molar-refractivity contribution is -0.118. The van der Waals surface area contributed by atoms with E-state index >= 15 is 0 Å². The Bertz CT molecular complexity index is 1080. The smallest absolute Gasteiger partial charge is 0.226 e. The van der Waals surface area contributed by atoms with Gasteiger partial charge in [-0.3, -0.25) is 4.79 Å². The summed E-state index contributed by atoms with van der Waals surface area (Å²) in [5.41, 5.74) is 3.69. The Balaban J connectivity index is 1.55. The number of hydrogen-bond acceptors (Lipinski definition) is 4. The van der Waals surface area contributed by atoms with Crippen molar-refractivity contribution in [3.8, 4) is 11.5 Å². The summed E-state index contributed by atoms with van der Waals surface area (Å²) in [6.07, 6.45) is 5.84. The summed E-state index contributed by atoms with van der Waals surface area (Å²) in [7, 11) is 0. The summed E-state index contributed by atoms with van der Waals surface area (Å²) in [6, 6.07) is 15.9. The van der Waals surface area contributed by atoms with E-state index in [9.17, 15) is 4.79 Å². The Morgan fingerprint density at radius 3 is 2.78 bits per heavy atom. The fourth-order valence-corrected chi connectivity index (χ4v) is 4.12. The monoisotopic (exact) mass is 432 g/mol. The standard InChI is InChI=1S/C27H32N2O3/c1-3-4-17-31-27-20(2)25(28-24-14-8-7-13-23(24)27)19-32-22-12-10-11-21(18-22)29-16-9-5-6-15-26(29)30/h7-8,10-14,18H,3-6,9,15-17,19H2,1-2H3. The van der Waals surface area contributed by atoms with E-state index in [0.29, 0.717) is 19.6 Å². The number of nitrogens with zero attached hydrogens (tertiary/aromatic N) is 2. The van der Waals surface area contributed by atoms with Crippen LogP contribution in [-0.4, -0.2) is 24.0 Å². The van der Waals surface area contributed by atoms with Crippen molar-refractivity contribution in [3.05, 3.63) is 59.8 Å². The number of anilines is 1. The summed E-state index contributed by atoms with van der Waals surface area (Å²) < 4.78 is 12.3. The van der Waals surface area contributed by atoms with Gasteiger partial charge in [0.25, 0.3) is 0 Å². The van der Waals surface area contributed by atoms with Crippen molar-refractivity contribution in [2.45, 2.75) is 59.0 Å². The number of aromatic nitrogens is 1. The molecule has 0 N–H and O–H groups in total. The fourth-order valence-electron chi connectivity index (χ4n) is 4.12. The minimum absolute atomic E-state index is 0.195. The first-order valence-electron chi connectivity index (χ1n) is 11.7. The third kappa shape index (κ3) is 5.04. The third-order valence-electron chi connectivity index (χ3n) is 6.00. The van der Waals surface area contributed by atoms with E-state index in [1.807, 2.05) is 54.3 Å². The number of ether oxygens (including phenoxy) is 2. The highest BCUT2D eigenvalue weighted by Gasteiger charge is 2.19. The Morgan fingerprint density at radius 1 is 1.03 bits per heavy atom. The van der Waals surface area contributed by atoms with Gasteiger partial charge in [0.15, 0.2) is 0 Å². The fraction of sp³-hybridized carbons (Fsp3) is 0.407. The van der Waals surface area contributed by atoms with Gasteiger partial charge in [-0.25, -0.2) is 4.98 Å². The van der Waals surface area contributed by atoms with Crippen molar-refractivity contribution in [1.29, 1.82) is 0 Å². The van der Waals surface area contributed by atoms with Crippen LogP contribution in [0.15, 0.2) is 48.5 Å². The molecule has 0 spiro atoms. The van der Waals surface area contributed by atoms with Gasteiger partial charge in [0.1, 0.15) is 18.1 Å². The van der Waals surface area contributed by atoms with Crippen LogP contribution in [0, 0.1) is 6.92 Å². The van der Waals surface area contributed by atoms with E-state index in [4.69, 9.17) is 14.5 Å². The molecule has 0 atom stereocenters. The van der Waals surface area contributed by atoms with E-state index in [1.54, 1.807) is 0 Å². The molecule has 168 valence electrons. The second-order valence-corrected chi connectivity index (χ2v) is 8.37. The van der Waals surface area contributed by atoms with E-state index < -0.39 is 0 Å². The minimum atomic E-state index is 0.195. The van der Waals surface area contributed by atoms with Crippen molar-refractivity contribution in [2.24, 2.45) is 0 Å². The van der Waals surface area contributed by atoms with Crippen LogP contribution in [0.5, 0.6) is 11.5 Å². The molecule has 0 radical (unpaired) electrons. The molecule has 1 amide bonds. The third-order valence-corrected chi connectivity index (χ3v) is 6.00. The van der Waals surface area contributed by atoms with Crippen LogP contribution < -0.4 is 14.4 Å². The van der Waals surface area contributed by atoms with Gasteiger partial charge >= 0.3 is 0 Å². The topological polar surface area (TPSA) is 51.7 Å². The highest BCUT2D eigenvalue weighted by Crippen LogP contribution is 2.32. The number of benzene rings is 2. The van der Waals surface area contributed by atoms with Crippen LogP contribution >= 0.6 is 0 Å². The lowest BCUT2D eigenvalue weighted by Gasteiger charge is -2.21. The molecule has 0 unspecified atom stereocenters. The summed E-state index contributed by atoms with van der Waals surface area (Å²) in [5.74, 6) is 1.83. The molecular formula is C27H32N2O3. The molecule has 5 heteroatoms. The van der Waals surface area contributed by atoms with Crippen LogP contribution in [0.1, 0.15) is 56.7 Å². The summed E-state index contributed by atoms with van der Waals surface area (Å²) in [6.45, 7) is 6.01. The molecule has 1 aromatic heterocycles. The Kier molecular flexibility index (Phi) is 7.25. The second-order valence-electron chi connectivity index (χ2n) is 8.37. The first kappa shape index (κ1) is 22.1. The van der Waals surface area contributed by atoms with Crippen LogP contribution in [0.4, 0.5) is 5.69 Å². The first-order valence-corrected chi connectivity index (χ1v) is 11.7. The highest BCUT2D eigenvalue weighted by molar-refractivity contribution is 5.93. The maximum atomic E-state index is 12.5. The molecule has 2 aromatic carbocycles. The van der Waals surface area contributed by atoms with Gasteiger partial charge in [-0.05, 0) is 50.5 Å². The maximum absolute atomic E-state index is 12.5. The van der Waals surface area contributed by atoms with Crippen LogP contribution in [-0.2, 0) is 11.4 Å². The second kappa shape index (κ2) is 10.5. The molecule has 0 bridgehead atoms. The zero-order valence-electron chi connectivity index (χ0n) is 19.1. The molecule has 1 aliphatic rings. The normalized spacial score (nSPS) is 14.4. The summed E-state index contributed by atoms with van der Waals surface area (Å²) in [5, 5.41) is 1.03. The van der Waals surface area contributed by atoms with Gasteiger partial charge in [0.2, 0.25) is 5.91 Å². The Labute approximate surface area is 190 Å². The maximum Gasteiger partial charge on any atom is 0.226 e. The number of unbranched alkanes of at least 4 members (excludes halogenated alkanes) is 1. The van der Waals surface area contributed by atoms with Crippen LogP contribution in [0.3, 0.4) is 0 Å². The van der Waals surface area contributed by atoms with Gasteiger partial charge in [0, 0.05) is 35.7 Å². The van der Waals surface area contributed by atoms with E-state index in [1.165, 1.54) is 0 Å². The van der Waals surface area contributed by atoms with Gasteiger partial charge in [-0.15, -0.1) is 0 Å². The molecule has 1 saturated heterocycles. The minimum Gasteiger partial charge on any atom is -0.493 e. The number of carbonyl (C=O) groups is 1. The summed E-state index contributed by atoms with van der Waals surface area (Å²) in [4.78, 5) is 19.2. The van der Waals surface area contributed by atoms with Crippen LogP contribution in [0.25, 0.3) is 10.9 Å². The molecular weight excluding hydrogens is 400 g/mol. The number of hydrogen-bond donors (Lipinski definition) is 0. The van der Waals surface area contributed by atoms with Crippen molar-refractivity contribution in [2.75, 3.05) is 18.1 Å². The first-order chi connectivity index (χ1) is 15.7. The van der Waals surface area contributed by atoms with E-state index in [0.717, 1.165) is 78.0 Å². The molecule has 0 saturated carbocycles. The molecule has 1 fully saturated rings. The Morgan fingerprint density at radius 2 is 1.91 bits per heavy atom. The number of amides is 1. The van der Waals surface area contributed by atoms with Crippen molar-refractivity contribution < 1.29 is 14.3 Å². The zero-order valence-corrected chi connectivity index (χ0v) is 19.1. The number of rotatable bonds is 8. The van der Waals surface area contributed by atoms with Gasteiger partial charge < -0.3 is 14.4 Å². The zero-order chi connectivity index (χ0) is 22.3. The predicted octanol–water partition coefficient (Wildman–Crippen LogP) is 6.21. The highest BCUT2D eigenvalue weighted by atomic mass is 16.5. The number of pyridine rings is 1. The summed E-state index contributed by atoms with van der Waals surface area (Å²) >= 11 is 0. The lowest BCUT2D eigenvalue weighted by atomic mass is 10.1. The molecule has 5 nitrogen and oxygen atoms in total. The van der Waals surface area contributed by atoms with Crippen molar-refractivity contribution in [3.63, 3.8) is 0 Å². The van der Waals surface area contributed by atoms with Crippen molar-refractivity contribution >= 4 is 22.5 Å². The van der Waals surface area contributed by atoms with Gasteiger partial charge in [0.05, 0.1) is 17.8 Å². The quantitative estimate of drug-likeness (QED) is 0.397. The van der Waals surface area contributed by atoms with Crippen LogP contribution in [0.2, 0.25) is 0 Å². The number of carbonyl (C=O) groups excluding carboxylic acids is 1. The molecule has 0 aliphatic carbocycles. The largest absolute Gasteiger partial charge is 0.493 e. The lowest BCUT2D eigenvalue weighted by Crippen LogP contribution is -2.29.